The summed E-state index contributed by atoms with van der Waals surface area (Å²) in [4.78, 5) is 12.5. The fourth-order valence-electron chi connectivity index (χ4n) is 2.31. The average Bonchev–Trinajstić information content (AvgIpc) is 3.26. The SMILES string of the molecule is Cc1nn(C)c(Cl)c1C(=O)Nc1cccc(S(=O)(=O)NC2CC2)c1. The number of aromatic nitrogens is 2. The second-order valence-electron chi connectivity index (χ2n) is 5.75. The summed E-state index contributed by atoms with van der Waals surface area (Å²) in [6, 6.07) is 6.12. The van der Waals surface area contributed by atoms with Gasteiger partial charge in [-0.25, -0.2) is 13.1 Å². The van der Waals surface area contributed by atoms with Crippen molar-refractivity contribution in [2.45, 2.75) is 30.7 Å². The van der Waals surface area contributed by atoms with Gasteiger partial charge in [-0.05, 0) is 38.0 Å². The van der Waals surface area contributed by atoms with Crippen molar-refractivity contribution in [2.75, 3.05) is 5.32 Å². The largest absolute Gasteiger partial charge is 0.322 e. The first-order valence-electron chi connectivity index (χ1n) is 7.41. The van der Waals surface area contributed by atoms with Gasteiger partial charge in [-0.1, -0.05) is 17.7 Å². The smallest absolute Gasteiger partial charge is 0.260 e. The third kappa shape index (κ3) is 3.45. The minimum atomic E-state index is -3.58. The number of hydrogen-bond acceptors (Lipinski definition) is 4. The normalized spacial score (nSPS) is 14.6. The van der Waals surface area contributed by atoms with Gasteiger partial charge in [-0.15, -0.1) is 0 Å². The van der Waals surface area contributed by atoms with Crippen LogP contribution < -0.4 is 10.0 Å². The third-order valence-corrected chi connectivity index (χ3v) is 5.63. The number of benzene rings is 1. The highest BCUT2D eigenvalue weighted by Crippen LogP contribution is 2.24. The maximum atomic E-state index is 12.4. The quantitative estimate of drug-likeness (QED) is 0.844. The van der Waals surface area contributed by atoms with Gasteiger partial charge in [-0.2, -0.15) is 5.10 Å². The Balaban J connectivity index is 1.83. The summed E-state index contributed by atoms with van der Waals surface area (Å²) >= 11 is 6.08. The van der Waals surface area contributed by atoms with Gasteiger partial charge in [0.1, 0.15) is 5.15 Å². The molecule has 0 aliphatic heterocycles. The summed E-state index contributed by atoms with van der Waals surface area (Å²) in [5.74, 6) is -0.435. The lowest BCUT2D eigenvalue weighted by Gasteiger charge is -2.09. The van der Waals surface area contributed by atoms with Gasteiger partial charge in [0.25, 0.3) is 5.91 Å². The third-order valence-electron chi connectivity index (χ3n) is 3.68. The van der Waals surface area contributed by atoms with E-state index in [-0.39, 0.29) is 21.7 Å². The molecule has 2 aromatic rings. The van der Waals surface area contributed by atoms with Gasteiger partial charge in [0.2, 0.25) is 10.0 Å². The highest BCUT2D eigenvalue weighted by atomic mass is 35.5. The van der Waals surface area contributed by atoms with E-state index in [0.29, 0.717) is 11.4 Å². The summed E-state index contributed by atoms with van der Waals surface area (Å²) in [5, 5.41) is 6.98. The lowest BCUT2D eigenvalue weighted by Crippen LogP contribution is -2.25. The number of carbonyl (C=O) groups is 1. The molecule has 0 atom stereocenters. The molecule has 1 heterocycles. The first-order valence-corrected chi connectivity index (χ1v) is 9.27. The predicted octanol–water partition coefficient (Wildman–Crippen LogP) is 2.07. The molecule has 0 spiro atoms. The number of halogens is 1. The van der Waals surface area contributed by atoms with Gasteiger partial charge >= 0.3 is 0 Å². The van der Waals surface area contributed by atoms with Crippen molar-refractivity contribution in [3.63, 3.8) is 0 Å². The van der Waals surface area contributed by atoms with Gasteiger partial charge in [0.15, 0.2) is 0 Å². The van der Waals surface area contributed by atoms with Crippen molar-refractivity contribution >= 4 is 33.2 Å². The summed E-state index contributed by atoms with van der Waals surface area (Å²) in [5.41, 5.74) is 1.14. The Hall–Kier alpha value is -1.90. The molecule has 1 aromatic carbocycles. The first kappa shape index (κ1) is 16.9. The molecule has 9 heteroatoms. The van der Waals surface area contributed by atoms with Crippen molar-refractivity contribution in [1.82, 2.24) is 14.5 Å². The lowest BCUT2D eigenvalue weighted by atomic mass is 10.2. The monoisotopic (exact) mass is 368 g/mol. The van der Waals surface area contributed by atoms with Gasteiger partial charge in [0.05, 0.1) is 16.2 Å². The van der Waals surface area contributed by atoms with Crippen molar-refractivity contribution in [3.05, 3.63) is 40.7 Å². The van der Waals surface area contributed by atoms with E-state index in [0.717, 1.165) is 12.8 Å². The van der Waals surface area contributed by atoms with Crippen LogP contribution in [0.2, 0.25) is 5.15 Å². The molecule has 0 radical (unpaired) electrons. The molecular weight excluding hydrogens is 352 g/mol. The number of carbonyl (C=O) groups excluding carboxylic acids is 1. The number of nitrogens with one attached hydrogen (secondary N) is 2. The van der Waals surface area contributed by atoms with Gasteiger partial charge in [0, 0.05) is 18.8 Å². The fraction of sp³-hybridized carbons (Fsp3) is 0.333. The number of amides is 1. The van der Waals surface area contributed by atoms with Crippen molar-refractivity contribution in [2.24, 2.45) is 7.05 Å². The minimum absolute atomic E-state index is 0.0186. The van der Waals surface area contributed by atoms with Crippen LogP contribution in [0.15, 0.2) is 29.2 Å². The number of rotatable bonds is 5. The van der Waals surface area contributed by atoms with Crippen molar-refractivity contribution < 1.29 is 13.2 Å². The van der Waals surface area contributed by atoms with Gasteiger partial charge < -0.3 is 5.32 Å². The lowest BCUT2D eigenvalue weighted by molar-refractivity contribution is 0.102. The zero-order chi connectivity index (χ0) is 17.5. The Morgan fingerprint density at radius 1 is 1.38 bits per heavy atom. The second kappa shape index (κ2) is 6.19. The predicted molar refractivity (Wildman–Crippen MR) is 90.7 cm³/mol. The van der Waals surface area contributed by atoms with E-state index in [1.165, 1.54) is 16.8 Å². The molecule has 2 N–H and O–H groups in total. The topological polar surface area (TPSA) is 93.1 Å². The molecule has 1 saturated carbocycles. The summed E-state index contributed by atoms with van der Waals surface area (Å²) in [6.45, 7) is 1.68. The summed E-state index contributed by atoms with van der Waals surface area (Å²) in [6.07, 6.45) is 1.71. The van der Waals surface area contributed by atoms with Crippen LogP contribution in [0.1, 0.15) is 28.9 Å². The number of nitrogens with zero attached hydrogens (tertiary/aromatic N) is 2. The number of anilines is 1. The Kier molecular flexibility index (Phi) is 4.37. The van der Waals surface area contributed by atoms with E-state index in [1.54, 1.807) is 26.1 Å². The molecule has 3 rings (SSSR count). The van der Waals surface area contributed by atoms with Crippen LogP contribution in [0.3, 0.4) is 0 Å². The Labute approximate surface area is 145 Å². The van der Waals surface area contributed by atoms with Crippen LogP contribution in [0, 0.1) is 6.92 Å². The summed E-state index contributed by atoms with van der Waals surface area (Å²) in [7, 11) is -1.93. The number of aryl methyl sites for hydroxylation is 2. The van der Waals surface area contributed by atoms with Crippen LogP contribution in [0.5, 0.6) is 0 Å². The minimum Gasteiger partial charge on any atom is -0.322 e. The van der Waals surface area contributed by atoms with Crippen LogP contribution >= 0.6 is 11.6 Å². The standard InChI is InChI=1S/C15H17ClN4O3S/c1-9-13(14(16)20(2)18-9)15(21)17-11-4-3-5-12(8-11)24(22,23)19-10-6-7-10/h3-5,8,10,19H,6-7H2,1-2H3,(H,17,21). The van der Waals surface area contributed by atoms with Gasteiger partial charge in [-0.3, -0.25) is 9.48 Å². The zero-order valence-electron chi connectivity index (χ0n) is 13.2. The van der Waals surface area contributed by atoms with Crippen LogP contribution in [0.4, 0.5) is 5.69 Å². The molecule has 1 fully saturated rings. The summed E-state index contributed by atoms with van der Waals surface area (Å²) < 4.78 is 28.5. The van der Waals surface area contributed by atoms with E-state index >= 15 is 0 Å². The Morgan fingerprint density at radius 3 is 2.67 bits per heavy atom. The van der Waals surface area contributed by atoms with E-state index < -0.39 is 15.9 Å². The van der Waals surface area contributed by atoms with E-state index in [2.05, 4.69) is 15.1 Å². The molecule has 7 nitrogen and oxygen atoms in total. The molecule has 128 valence electrons. The van der Waals surface area contributed by atoms with E-state index in [9.17, 15) is 13.2 Å². The van der Waals surface area contributed by atoms with Crippen LogP contribution in [-0.2, 0) is 17.1 Å². The maximum Gasteiger partial charge on any atom is 0.260 e. The molecule has 24 heavy (non-hydrogen) atoms. The van der Waals surface area contributed by atoms with Crippen LogP contribution in [0.25, 0.3) is 0 Å². The molecule has 1 amide bonds. The zero-order valence-corrected chi connectivity index (χ0v) is 14.8. The Morgan fingerprint density at radius 2 is 2.08 bits per heavy atom. The fourth-order valence-corrected chi connectivity index (χ4v) is 3.92. The second-order valence-corrected chi connectivity index (χ2v) is 7.82. The molecule has 0 saturated heterocycles. The molecule has 1 aliphatic carbocycles. The van der Waals surface area contributed by atoms with Crippen LogP contribution in [-0.4, -0.2) is 30.1 Å². The maximum absolute atomic E-state index is 12.4. The Bertz CT molecular complexity index is 903. The molecule has 1 aliphatic rings. The first-order chi connectivity index (χ1) is 11.3. The molecule has 0 unspecified atom stereocenters. The highest BCUT2D eigenvalue weighted by molar-refractivity contribution is 7.89. The molecule has 0 bridgehead atoms. The molecular formula is C15H17ClN4O3S. The highest BCUT2D eigenvalue weighted by Gasteiger charge is 2.28. The number of hydrogen-bond donors (Lipinski definition) is 2. The van der Waals surface area contributed by atoms with E-state index in [4.69, 9.17) is 11.6 Å². The van der Waals surface area contributed by atoms with Crippen molar-refractivity contribution in [3.8, 4) is 0 Å². The average molecular weight is 369 g/mol. The molecule has 1 aromatic heterocycles. The number of sulfonamides is 1. The van der Waals surface area contributed by atoms with E-state index in [1.807, 2.05) is 0 Å². The van der Waals surface area contributed by atoms with Crippen molar-refractivity contribution in [1.29, 1.82) is 0 Å².